The molecule has 0 aliphatic heterocycles. The minimum absolute atomic E-state index is 0.758. The van der Waals surface area contributed by atoms with E-state index in [1.807, 2.05) is 25.1 Å². The summed E-state index contributed by atoms with van der Waals surface area (Å²) in [6, 6.07) is 12.3. The van der Waals surface area contributed by atoms with Crippen molar-refractivity contribution in [2.75, 3.05) is 0 Å². The Morgan fingerprint density at radius 2 is 1.94 bits per heavy atom. The number of nitrogens with zero attached hydrogens (tertiary/aromatic N) is 1. The number of rotatable bonds is 1. The highest BCUT2D eigenvalue weighted by Crippen LogP contribution is 2.33. The van der Waals surface area contributed by atoms with E-state index in [1.165, 1.54) is 10.3 Å². The largest absolute Gasteiger partial charge is 0.241 e. The van der Waals surface area contributed by atoms with Crippen LogP contribution in [0.1, 0.15) is 10.6 Å². The number of fused-ring (bicyclic) bond motifs is 1. The first kappa shape index (κ1) is 11.7. The summed E-state index contributed by atoms with van der Waals surface area (Å²) in [5.74, 6) is 0. The Labute approximate surface area is 115 Å². The normalized spacial score (nSPS) is 11.1. The van der Waals surface area contributed by atoms with Crippen LogP contribution >= 0.6 is 22.9 Å². The summed E-state index contributed by atoms with van der Waals surface area (Å²) in [6.07, 6.45) is 0. The molecule has 0 unspecified atom stereocenters. The fourth-order valence-electron chi connectivity index (χ4n) is 2.15. The highest BCUT2D eigenvalue weighted by Gasteiger charge is 2.09. The van der Waals surface area contributed by atoms with Crippen LogP contribution in [0.25, 0.3) is 21.3 Å². The Morgan fingerprint density at radius 1 is 1.11 bits per heavy atom. The van der Waals surface area contributed by atoms with Crippen LogP contribution in [0, 0.1) is 13.8 Å². The van der Waals surface area contributed by atoms with E-state index in [0.717, 1.165) is 26.7 Å². The highest BCUT2D eigenvalue weighted by molar-refractivity contribution is 7.18. The summed E-state index contributed by atoms with van der Waals surface area (Å²) in [5, 5.41) is 1.85. The molecule has 0 aliphatic carbocycles. The smallest absolute Gasteiger partial charge is 0.0908 e. The van der Waals surface area contributed by atoms with Gasteiger partial charge in [0.15, 0.2) is 0 Å². The molecule has 1 nitrogen and oxygen atoms in total. The molecular weight excluding hydrogens is 262 g/mol. The van der Waals surface area contributed by atoms with E-state index in [2.05, 4.69) is 30.1 Å². The molecule has 0 amide bonds. The van der Waals surface area contributed by atoms with E-state index in [9.17, 15) is 0 Å². The van der Waals surface area contributed by atoms with E-state index in [-0.39, 0.29) is 0 Å². The molecule has 1 heterocycles. The molecule has 3 rings (SSSR count). The van der Waals surface area contributed by atoms with E-state index in [1.54, 1.807) is 11.3 Å². The van der Waals surface area contributed by atoms with Gasteiger partial charge in [-0.05, 0) is 49.2 Å². The zero-order valence-electron chi connectivity index (χ0n) is 10.2. The van der Waals surface area contributed by atoms with Crippen LogP contribution in [-0.4, -0.2) is 4.98 Å². The summed E-state index contributed by atoms with van der Waals surface area (Å²) in [5.41, 5.74) is 4.62. The van der Waals surface area contributed by atoms with Crippen molar-refractivity contribution in [2.24, 2.45) is 0 Å². The Balaban J connectivity index is 2.34. The Bertz CT molecular complexity index is 730. The number of benzene rings is 2. The minimum Gasteiger partial charge on any atom is -0.241 e. The molecule has 18 heavy (non-hydrogen) atoms. The monoisotopic (exact) mass is 273 g/mol. The van der Waals surface area contributed by atoms with Crippen molar-refractivity contribution < 1.29 is 0 Å². The zero-order valence-corrected chi connectivity index (χ0v) is 11.8. The number of thiazole rings is 1. The van der Waals surface area contributed by atoms with Gasteiger partial charge in [0.05, 0.1) is 15.2 Å². The quantitative estimate of drug-likeness (QED) is 0.591. The van der Waals surface area contributed by atoms with Crippen LogP contribution < -0.4 is 0 Å². The fraction of sp³-hybridized carbons (Fsp3) is 0.133. The average molecular weight is 274 g/mol. The number of halogens is 1. The second-order valence-corrected chi connectivity index (χ2v) is 6.07. The van der Waals surface area contributed by atoms with Gasteiger partial charge < -0.3 is 0 Å². The highest BCUT2D eigenvalue weighted by atomic mass is 35.5. The lowest BCUT2D eigenvalue weighted by molar-refractivity contribution is 1.34. The van der Waals surface area contributed by atoms with Crippen LogP contribution in [0.5, 0.6) is 0 Å². The van der Waals surface area contributed by atoms with Gasteiger partial charge in [0.1, 0.15) is 0 Å². The third-order valence-electron chi connectivity index (χ3n) is 2.88. The lowest BCUT2D eigenvalue weighted by Crippen LogP contribution is -1.83. The zero-order chi connectivity index (χ0) is 12.7. The van der Waals surface area contributed by atoms with Crippen molar-refractivity contribution in [3.63, 3.8) is 0 Å². The molecule has 0 saturated carbocycles. The standard InChI is InChI=1S/C15H12ClNS/c1-9-6-13(11-4-3-5-12(16)8-11)15-14(7-9)18-10(2)17-15/h3-8H,1-2H3. The molecular formula is C15H12ClNS. The molecule has 2 aromatic carbocycles. The predicted molar refractivity (Wildman–Crippen MR) is 79.5 cm³/mol. The summed E-state index contributed by atoms with van der Waals surface area (Å²) in [6.45, 7) is 4.16. The molecule has 0 aliphatic rings. The van der Waals surface area contributed by atoms with Gasteiger partial charge in [-0.25, -0.2) is 4.98 Å². The van der Waals surface area contributed by atoms with E-state index in [0.29, 0.717) is 0 Å². The third-order valence-corrected chi connectivity index (χ3v) is 4.03. The van der Waals surface area contributed by atoms with Gasteiger partial charge in [-0.1, -0.05) is 23.7 Å². The van der Waals surface area contributed by atoms with Crippen molar-refractivity contribution in [2.45, 2.75) is 13.8 Å². The molecule has 0 fully saturated rings. The van der Waals surface area contributed by atoms with Crippen molar-refractivity contribution in [1.82, 2.24) is 4.98 Å². The molecule has 0 saturated heterocycles. The second-order valence-electron chi connectivity index (χ2n) is 4.40. The topological polar surface area (TPSA) is 12.9 Å². The Morgan fingerprint density at radius 3 is 2.72 bits per heavy atom. The maximum atomic E-state index is 6.07. The molecule has 0 radical (unpaired) electrons. The number of hydrogen-bond donors (Lipinski definition) is 0. The lowest BCUT2D eigenvalue weighted by Gasteiger charge is -2.05. The summed E-state index contributed by atoms with van der Waals surface area (Å²) >= 11 is 7.81. The fourth-order valence-corrected chi connectivity index (χ4v) is 3.30. The average Bonchev–Trinajstić information content (AvgIpc) is 2.68. The number of aryl methyl sites for hydroxylation is 2. The van der Waals surface area contributed by atoms with E-state index in [4.69, 9.17) is 11.6 Å². The van der Waals surface area contributed by atoms with E-state index < -0.39 is 0 Å². The SMILES string of the molecule is Cc1cc(-c2cccc(Cl)c2)c2nc(C)sc2c1. The Hall–Kier alpha value is -1.38. The van der Waals surface area contributed by atoms with Crippen LogP contribution in [0.2, 0.25) is 5.02 Å². The third kappa shape index (κ3) is 2.02. The first-order valence-electron chi connectivity index (χ1n) is 5.77. The summed E-state index contributed by atoms with van der Waals surface area (Å²) in [4.78, 5) is 4.64. The van der Waals surface area contributed by atoms with Gasteiger partial charge >= 0.3 is 0 Å². The van der Waals surface area contributed by atoms with Crippen LogP contribution in [0.3, 0.4) is 0 Å². The van der Waals surface area contributed by atoms with Gasteiger partial charge in [-0.3, -0.25) is 0 Å². The van der Waals surface area contributed by atoms with Crippen molar-refractivity contribution >= 4 is 33.2 Å². The maximum absolute atomic E-state index is 6.07. The van der Waals surface area contributed by atoms with Gasteiger partial charge in [-0.2, -0.15) is 0 Å². The van der Waals surface area contributed by atoms with Gasteiger partial charge in [0.25, 0.3) is 0 Å². The maximum Gasteiger partial charge on any atom is 0.0908 e. The van der Waals surface area contributed by atoms with Crippen LogP contribution in [-0.2, 0) is 0 Å². The number of aromatic nitrogens is 1. The molecule has 3 heteroatoms. The van der Waals surface area contributed by atoms with E-state index >= 15 is 0 Å². The van der Waals surface area contributed by atoms with Gasteiger partial charge in [0, 0.05) is 10.6 Å². The van der Waals surface area contributed by atoms with Crippen molar-refractivity contribution in [1.29, 1.82) is 0 Å². The first-order chi connectivity index (χ1) is 8.63. The van der Waals surface area contributed by atoms with Gasteiger partial charge in [0.2, 0.25) is 0 Å². The second kappa shape index (κ2) is 4.38. The van der Waals surface area contributed by atoms with Crippen LogP contribution in [0.15, 0.2) is 36.4 Å². The first-order valence-corrected chi connectivity index (χ1v) is 6.96. The molecule has 0 N–H and O–H groups in total. The molecule has 90 valence electrons. The molecule has 0 atom stereocenters. The predicted octanol–water partition coefficient (Wildman–Crippen LogP) is 5.23. The molecule has 0 spiro atoms. The minimum atomic E-state index is 0.758. The van der Waals surface area contributed by atoms with Gasteiger partial charge in [-0.15, -0.1) is 11.3 Å². The Kier molecular flexibility index (Phi) is 2.84. The molecule has 1 aromatic heterocycles. The molecule has 3 aromatic rings. The van der Waals surface area contributed by atoms with Crippen LogP contribution in [0.4, 0.5) is 0 Å². The number of hydrogen-bond acceptors (Lipinski definition) is 2. The summed E-state index contributed by atoms with van der Waals surface area (Å²) in [7, 11) is 0. The lowest BCUT2D eigenvalue weighted by atomic mass is 10.0. The van der Waals surface area contributed by atoms with Crippen molar-refractivity contribution in [3.05, 3.63) is 52.0 Å². The van der Waals surface area contributed by atoms with Crippen molar-refractivity contribution in [3.8, 4) is 11.1 Å². The molecule has 0 bridgehead atoms. The summed E-state index contributed by atoms with van der Waals surface area (Å²) < 4.78 is 1.24.